The summed E-state index contributed by atoms with van der Waals surface area (Å²) in [6.45, 7) is 3.02. The van der Waals surface area contributed by atoms with Crippen molar-refractivity contribution in [3.8, 4) is 28.2 Å². The number of pyridine rings is 1. The highest BCUT2D eigenvalue weighted by Gasteiger charge is 2.23. The summed E-state index contributed by atoms with van der Waals surface area (Å²) >= 11 is 5.93. The van der Waals surface area contributed by atoms with E-state index in [4.69, 9.17) is 17.3 Å². The van der Waals surface area contributed by atoms with Crippen LogP contribution in [0.2, 0.25) is 5.02 Å². The molecule has 0 atom stereocenters. The van der Waals surface area contributed by atoms with E-state index in [1.807, 2.05) is 15.8 Å². The Morgan fingerprint density at radius 2 is 2.00 bits per heavy atom. The third-order valence-corrected chi connectivity index (χ3v) is 6.30. The number of rotatable bonds is 4. The summed E-state index contributed by atoms with van der Waals surface area (Å²) in [5.74, 6) is -0.110. The molecule has 4 aromatic rings. The largest absolute Gasteiger partial charge is 0.383 e. The van der Waals surface area contributed by atoms with Gasteiger partial charge in [0.1, 0.15) is 11.5 Å². The first-order chi connectivity index (χ1) is 16.4. The second kappa shape index (κ2) is 8.82. The zero-order chi connectivity index (χ0) is 23.8. The van der Waals surface area contributed by atoms with Gasteiger partial charge in [0.2, 0.25) is 5.91 Å². The number of hydrogen-bond acceptors (Lipinski definition) is 7. The smallest absolute Gasteiger partial charge is 0.219 e. The van der Waals surface area contributed by atoms with Crippen LogP contribution in [0, 0.1) is 5.82 Å². The molecule has 10 nitrogen and oxygen atoms in total. The molecule has 0 saturated carbocycles. The van der Waals surface area contributed by atoms with E-state index >= 15 is 0 Å². The second-order valence-corrected chi connectivity index (χ2v) is 8.50. The second-order valence-electron chi connectivity index (χ2n) is 8.09. The van der Waals surface area contributed by atoms with Crippen LogP contribution in [0.25, 0.3) is 28.2 Å². The van der Waals surface area contributed by atoms with E-state index in [2.05, 4.69) is 25.6 Å². The van der Waals surface area contributed by atoms with Crippen LogP contribution in [0.3, 0.4) is 0 Å². The molecule has 2 N–H and O–H groups in total. The van der Waals surface area contributed by atoms with Crippen LogP contribution in [-0.4, -0.2) is 58.9 Å². The number of carbonyl (C=O) groups is 1. The van der Waals surface area contributed by atoms with Gasteiger partial charge in [0.15, 0.2) is 11.6 Å². The molecule has 0 radical (unpaired) electrons. The van der Waals surface area contributed by atoms with Crippen LogP contribution in [-0.2, 0) is 4.79 Å². The Bertz CT molecular complexity index is 1360. The molecule has 12 heteroatoms. The Balaban J connectivity index is 1.45. The zero-order valence-electron chi connectivity index (χ0n) is 18.3. The van der Waals surface area contributed by atoms with Crippen LogP contribution in [0.5, 0.6) is 0 Å². The minimum Gasteiger partial charge on any atom is -0.383 e. The molecule has 1 amide bonds. The quantitative estimate of drug-likeness (QED) is 0.475. The normalized spacial score (nSPS) is 14.5. The van der Waals surface area contributed by atoms with E-state index in [-0.39, 0.29) is 34.3 Å². The van der Waals surface area contributed by atoms with E-state index in [1.54, 1.807) is 31.5 Å². The van der Waals surface area contributed by atoms with Crippen molar-refractivity contribution in [2.45, 2.75) is 25.8 Å². The number of carbonyl (C=O) groups excluding carboxylic acids is 1. The molecular weight excluding hydrogens is 461 g/mol. The van der Waals surface area contributed by atoms with Crippen molar-refractivity contribution in [1.29, 1.82) is 0 Å². The van der Waals surface area contributed by atoms with Crippen molar-refractivity contribution in [3.63, 3.8) is 0 Å². The molecular formula is C22H21ClFN9O. The van der Waals surface area contributed by atoms with Gasteiger partial charge in [-0.1, -0.05) is 17.7 Å². The number of anilines is 1. The fraction of sp³-hybridized carbons (Fsp3) is 0.273. The monoisotopic (exact) mass is 481 g/mol. The number of benzene rings is 1. The van der Waals surface area contributed by atoms with Crippen LogP contribution in [0.4, 0.5) is 10.2 Å². The number of nitrogens with two attached hydrogens (primary N) is 1. The molecule has 34 heavy (non-hydrogen) atoms. The topological polar surface area (TPSA) is 121 Å². The first kappa shape index (κ1) is 22.0. The van der Waals surface area contributed by atoms with Crippen LogP contribution >= 0.6 is 11.6 Å². The van der Waals surface area contributed by atoms with Crippen molar-refractivity contribution >= 4 is 23.3 Å². The number of aromatic nitrogens is 7. The van der Waals surface area contributed by atoms with Crippen molar-refractivity contribution in [2.75, 3.05) is 18.8 Å². The first-order valence-electron chi connectivity index (χ1n) is 10.7. The van der Waals surface area contributed by atoms with E-state index in [0.29, 0.717) is 18.7 Å². The molecule has 0 aliphatic carbocycles. The average Bonchev–Trinajstić information content (AvgIpc) is 3.52. The standard InChI is InChI=1S/C22H21ClFN9O/c1-13(34)31-7-5-16(6-8-31)32-12-15(11-27-32)14-9-17(21(25)26-10-14)22-28-29-30-33(22)19-4-2-3-18(23)20(19)24/h2-4,9-12,16H,5-8H2,1H3,(H2,25,26). The molecule has 1 aliphatic heterocycles. The number of halogens is 2. The maximum atomic E-state index is 14.6. The number of likely N-dealkylation sites (tertiary alicyclic amines) is 1. The summed E-state index contributed by atoms with van der Waals surface area (Å²) in [5.41, 5.74) is 8.29. The fourth-order valence-corrected chi connectivity index (χ4v) is 4.29. The maximum absolute atomic E-state index is 14.6. The lowest BCUT2D eigenvalue weighted by atomic mass is 10.0. The maximum Gasteiger partial charge on any atom is 0.219 e. The van der Waals surface area contributed by atoms with Crippen LogP contribution in [0.15, 0.2) is 42.9 Å². The lowest BCUT2D eigenvalue weighted by Crippen LogP contribution is -2.37. The lowest BCUT2D eigenvalue weighted by molar-refractivity contribution is -0.130. The minimum absolute atomic E-state index is 0.0413. The first-order valence-corrected chi connectivity index (χ1v) is 11.1. The van der Waals surface area contributed by atoms with Gasteiger partial charge < -0.3 is 10.6 Å². The zero-order valence-corrected chi connectivity index (χ0v) is 19.0. The van der Waals surface area contributed by atoms with Crippen LogP contribution < -0.4 is 5.73 Å². The molecule has 174 valence electrons. The SMILES string of the molecule is CC(=O)N1CCC(n2cc(-c3cnc(N)c(-c4nnnn4-c4cccc(Cl)c4F)c3)cn2)CC1. The van der Waals surface area contributed by atoms with Crippen molar-refractivity contribution in [2.24, 2.45) is 0 Å². The summed E-state index contributed by atoms with van der Waals surface area (Å²) in [5, 5.41) is 16.2. The fourth-order valence-electron chi connectivity index (χ4n) is 4.12. The number of nitrogen functional groups attached to an aromatic ring is 1. The summed E-state index contributed by atoms with van der Waals surface area (Å²) in [7, 11) is 0. The number of nitrogens with zero attached hydrogens (tertiary/aromatic N) is 8. The minimum atomic E-state index is -0.641. The molecule has 1 aliphatic rings. The van der Waals surface area contributed by atoms with Gasteiger partial charge >= 0.3 is 0 Å². The molecule has 1 aromatic carbocycles. The van der Waals surface area contributed by atoms with Gasteiger partial charge in [0, 0.05) is 43.5 Å². The van der Waals surface area contributed by atoms with E-state index in [0.717, 1.165) is 24.0 Å². The summed E-state index contributed by atoms with van der Waals surface area (Å²) in [6, 6.07) is 6.59. The Hall–Kier alpha value is -3.86. The molecule has 0 spiro atoms. The highest BCUT2D eigenvalue weighted by atomic mass is 35.5. The Kier molecular flexibility index (Phi) is 5.70. The van der Waals surface area contributed by atoms with Crippen molar-refractivity contribution < 1.29 is 9.18 Å². The van der Waals surface area contributed by atoms with Gasteiger partial charge in [0.05, 0.1) is 22.8 Å². The average molecular weight is 482 g/mol. The Morgan fingerprint density at radius 3 is 2.76 bits per heavy atom. The summed E-state index contributed by atoms with van der Waals surface area (Å²) in [4.78, 5) is 17.7. The van der Waals surface area contributed by atoms with Crippen LogP contribution in [0.1, 0.15) is 25.8 Å². The molecule has 1 saturated heterocycles. The number of hydrogen-bond donors (Lipinski definition) is 1. The molecule has 0 unspecified atom stereocenters. The molecule has 5 rings (SSSR count). The molecule has 3 aromatic heterocycles. The van der Waals surface area contributed by atoms with Gasteiger partial charge in [-0.3, -0.25) is 9.48 Å². The third-order valence-electron chi connectivity index (χ3n) is 6.01. The van der Waals surface area contributed by atoms with Gasteiger partial charge in [-0.25, -0.2) is 9.37 Å². The lowest BCUT2D eigenvalue weighted by Gasteiger charge is -2.31. The van der Waals surface area contributed by atoms with Crippen molar-refractivity contribution in [3.05, 3.63) is 53.7 Å². The Morgan fingerprint density at radius 1 is 1.21 bits per heavy atom. The molecule has 4 heterocycles. The van der Waals surface area contributed by atoms with E-state index in [9.17, 15) is 9.18 Å². The van der Waals surface area contributed by atoms with Gasteiger partial charge in [-0.15, -0.1) is 5.10 Å². The van der Waals surface area contributed by atoms with E-state index < -0.39 is 5.82 Å². The number of tetrazole rings is 1. The predicted molar refractivity (Wildman–Crippen MR) is 124 cm³/mol. The van der Waals surface area contributed by atoms with Gasteiger partial charge in [-0.05, 0) is 41.5 Å². The molecule has 0 bridgehead atoms. The van der Waals surface area contributed by atoms with Gasteiger partial charge in [-0.2, -0.15) is 9.78 Å². The summed E-state index contributed by atoms with van der Waals surface area (Å²) < 4.78 is 17.8. The molecule has 1 fully saturated rings. The van der Waals surface area contributed by atoms with E-state index in [1.165, 1.54) is 16.8 Å². The predicted octanol–water partition coefficient (Wildman–Crippen LogP) is 3.15. The third kappa shape index (κ3) is 3.98. The Labute approximate surface area is 199 Å². The van der Waals surface area contributed by atoms with Gasteiger partial charge in [0.25, 0.3) is 0 Å². The van der Waals surface area contributed by atoms with Crippen molar-refractivity contribution in [1.82, 2.24) is 39.9 Å². The number of amides is 1. The highest BCUT2D eigenvalue weighted by molar-refractivity contribution is 6.30. The summed E-state index contributed by atoms with van der Waals surface area (Å²) in [6.07, 6.45) is 7.03. The number of piperidine rings is 1. The highest BCUT2D eigenvalue weighted by Crippen LogP contribution is 2.31.